The summed E-state index contributed by atoms with van der Waals surface area (Å²) >= 11 is 0. The molecule has 2 aromatic rings. The lowest BCUT2D eigenvalue weighted by atomic mass is 10.1. The number of hydrogen-bond donors (Lipinski definition) is 1. The third-order valence-electron chi connectivity index (χ3n) is 3.57. The maximum absolute atomic E-state index is 11.8. The van der Waals surface area contributed by atoms with Gasteiger partial charge in [0.05, 0.1) is 11.0 Å². The first kappa shape index (κ1) is 14.4. The minimum Gasteiger partial charge on any atom is -0.356 e. The fraction of sp³-hybridized carbons (Fsp3) is 0.467. The van der Waals surface area contributed by atoms with E-state index in [9.17, 15) is 9.59 Å². The molecule has 1 N–H and O–H groups in total. The molecule has 0 radical (unpaired) electrons. The number of amides is 1. The molecule has 5 nitrogen and oxygen atoms in total. The summed E-state index contributed by atoms with van der Waals surface area (Å²) in [6.45, 7) is 4.37. The highest BCUT2D eigenvalue weighted by molar-refractivity contribution is 5.78. The van der Waals surface area contributed by atoms with Gasteiger partial charge in [0.25, 0.3) is 0 Å². The standard InChI is InChI=1S/C15H21N3O2/c1-10(2)14(19)16-8-7-11-5-6-12-13(9-11)18(4)15(20)17(12)3/h5-6,9-10H,7-8H2,1-4H3,(H,16,19). The first-order chi connectivity index (χ1) is 9.41. The summed E-state index contributed by atoms with van der Waals surface area (Å²) in [7, 11) is 3.54. The van der Waals surface area contributed by atoms with Gasteiger partial charge in [0, 0.05) is 26.6 Å². The quantitative estimate of drug-likeness (QED) is 0.911. The number of imidazole rings is 1. The highest BCUT2D eigenvalue weighted by Crippen LogP contribution is 2.14. The number of nitrogens with zero attached hydrogens (tertiary/aromatic N) is 2. The molecule has 0 bridgehead atoms. The summed E-state index contributed by atoms with van der Waals surface area (Å²) in [5.74, 6) is 0.0746. The van der Waals surface area contributed by atoms with E-state index in [1.807, 2.05) is 32.0 Å². The van der Waals surface area contributed by atoms with Gasteiger partial charge in [-0.1, -0.05) is 19.9 Å². The fourth-order valence-electron chi connectivity index (χ4n) is 2.24. The fourth-order valence-corrected chi connectivity index (χ4v) is 2.24. The first-order valence-corrected chi connectivity index (χ1v) is 6.84. The minimum absolute atomic E-state index is 0.00687. The van der Waals surface area contributed by atoms with Gasteiger partial charge in [-0.25, -0.2) is 4.79 Å². The average molecular weight is 275 g/mol. The monoisotopic (exact) mass is 275 g/mol. The van der Waals surface area contributed by atoms with E-state index in [4.69, 9.17) is 0 Å². The van der Waals surface area contributed by atoms with Crippen LogP contribution in [-0.4, -0.2) is 21.6 Å². The van der Waals surface area contributed by atoms with E-state index in [0.29, 0.717) is 6.54 Å². The molecule has 0 aliphatic heterocycles. The molecule has 20 heavy (non-hydrogen) atoms. The Hall–Kier alpha value is -2.04. The maximum atomic E-state index is 11.8. The Morgan fingerprint density at radius 1 is 1.20 bits per heavy atom. The Balaban J connectivity index is 2.15. The van der Waals surface area contributed by atoms with Crippen molar-refractivity contribution in [1.29, 1.82) is 0 Å². The van der Waals surface area contributed by atoms with Crippen molar-refractivity contribution in [1.82, 2.24) is 14.5 Å². The predicted molar refractivity (Wildman–Crippen MR) is 79.7 cm³/mol. The first-order valence-electron chi connectivity index (χ1n) is 6.84. The Morgan fingerprint density at radius 3 is 2.50 bits per heavy atom. The number of aryl methyl sites for hydroxylation is 2. The van der Waals surface area contributed by atoms with Crippen molar-refractivity contribution in [2.24, 2.45) is 20.0 Å². The highest BCUT2D eigenvalue weighted by Gasteiger charge is 2.09. The van der Waals surface area contributed by atoms with Crippen molar-refractivity contribution < 1.29 is 4.79 Å². The Labute approximate surface area is 118 Å². The molecule has 0 saturated carbocycles. The zero-order valence-electron chi connectivity index (χ0n) is 12.4. The summed E-state index contributed by atoms with van der Waals surface area (Å²) < 4.78 is 3.28. The van der Waals surface area contributed by atoms with Crippen LogP contribution in [0.1, 0.15) is 19.4 Å². The predicted octanol–water partition coefficient (Wildman–Crippen LogP) is 1.19. The molecule has 1 heterocycles. The number of fused-ring (bicyclic) bond motifs is 1. The van der Waals surface area contributed by atoms with Crippen molar-refractivity contribution in [2.45, 2.75) is 20.3 Å². The van der Waals surface area contributed by atoms with Gasteiger partial charge in [-0.05, 0) is 24.1 Å². The van der Waals surface area contributed by atoms with Crippen molar-refractivity contribution >= 4 is 16.9 Å². The van der Waals surface area contributed by atoms with Gasteiger partial charge in [0.1, 0.15) is 0 Å². The zero-order chi connectivity index (χ0) is 14.9. The number of benzene rings is 1. The van der Waals surface area contributed by atoms with Crippen LogP contribution in [0.25, 0.3) is 11.0 Å². The molecule has 0 aliphatic rings. The smallest absolute Gasteiger partial charge is 0.328 e. The van der Waals surface area contributed by atoms with Gasteiger partial charge in [0.2, 0.25) is 5.91 Å². The summed E-state index contributed by atoms with van der Waals surface area (Å²) in [5.41, 5.74) is 2.94. The lowest BCUT2D eigenvalue weighted by molar-refractivity contribution is -0.123. The molecule has 1 amide bonds. The van der Waals surface area contributed by atoms with E-state index in [1.165, 1.54) is 0 Å². The Bertz CT molecular complexity index is 695. The van der Waals surface area contributed by atoms with E-state index < -0.39 is 0 Å². The van der Waals surface area contributed by atoms with Crippen LogP contribution in [0.5, 0.6) is 0 Å². The van der Waals surface area contributed by atoms with Gasteiger partial charge in [-0.15, -0.1) is 0 Å². The topological polar surface area (TPSA) is 56.0 Å². The van der Waals surface area contributed by atoms with Gasteiger partial charge in [0.15, 0.2) is 0 Å². The molecule has 0 spiro atoms. The molecular formula is C15H21N3O2. The number of aromatic nitrogens is 2. The van der Waals surface area contributed by atoms with Gasteiger partial charge in [-0.3, -0.25) is 13.9 Å². The molecule has 0 saturated heterocycles. The lowest BCUT2D eigenvalue weighted by Crippen LogP contribution is -2.29. The molecule has 1 aromatic carbocycles. The van der Waals surface area contributed by atoms with Crippen LogP contribution in [-0.2, 0) is 25.3 Å². The number of rotatable bonds is 4. The summed E-state index contributed by atoms with van der Waals surface area (Å²) in [5, 5.41) is 2.90. The number of carbonyl (C=O) groups is 1. The van der Waals surface area contributed by atoms with E-state index in [2.05, 4.69) is 5.32 Å². The molecule has 5 heteroatoms. The van der Waals surface area contributed by atoms with Crippen LogP contribution in [0.2, 0.25) is 0 Å². The second-order valence-corrected chi connectivity index (χ2v) is 5.42. The van der Waals surface area contributed by atoms with Crippen molar-refractivity contribution in [3.8, 4) is 0 Å². The number of hydrogen-bond acceptors (Lipinski definition) is 2. The molecule has 0 fully saturated rings. The van der Waals surface area contributed by atoms with Crippen molar-refractivity contribution in [2.75, 3.05) is 6.54 Å². The Morgan fingerprint density at radius 2 is 1.85 bits per heavy atom. The molecular weight excluding hydrogens is 254 g/mol. The number of nitrogens with one attached hydrogen (secondary N) is 1. The molecule has 108 valence electrons. The molecule has 1 aromatic heterocycles. The zero-order valence-corrected chi connectivity index (χ0v) is 12.4. The van der Waals surface area contributed by atoms with Gasteiger partial charge < -0.3 is 5.32 Å². The average Bonchev–Trinajstić information content (AvgIpc) is 2.63. The third kappa shape index (κ3) is 2.61. The number of carbonyl (C=O) groups excluding carboxylic acids is 1. The molecule has 2 rings (SSSR count). The molecule has 0 aliphatic carbocycles. The maximum Gasteiger partial charge on any atom is 0.328 e. The van der Waals surface area contributed by atoms with E-state index in [1.54, 1.807) is 23.2 Å². The molecule has 0 atom stereocenters. The largest absolute Gasteiger partial charge is 0.356 e. The van der Waals surface area contributed by atoms with Crippen LogP contribution in [0.3, 0.4) is 0 Å². The SMILES string of the molecule is CC(C)C(=O)NCCc1ccc2c(c1)n(C)c(=O)n2C. The lowest BCUT2D eigenvalue weighted by Gasteiger charge is -2.07. The second kappa shape index (κ2) is 5.53. The van der Waals surface area contributed by atoms with Gasteiger partial charge in [-0.2, -0.15) is 0 Å². The summed E-state index contributed by atoms with van der Waals surface area (Å²) in [6.07, 6.45) is 0.761. The highest BCUT2D eigenvalue weighted by atomic mass is 16.2. The van der Waals surface area contributed by atoms with E-state index in [-0.39, 0.29) is 17.5 Å². The van der Waals surface area contributed by atoms with Crippen molar-refractivity contribution in [3.05, 3.63) is 34.2 Å². The normalized spacial score (nSPS) is 11.2. The minimum atomic E-state index is -0.0229. The van der Waals surface area contributed by atoms with Crippen LogP contribution >= 0.6 is 0 Å². The van der Waals surface area contributed by atoms with Crippen LogP contribution < -0.4 is 11.0 Å². The van der Waals surface area contributed by atoms with E-state index >= 15 is 0 Å². The van der Waals surface area contributed by atoms with Gasteiger partial charge >= 0.3 is 5.69 Å². The van der Waals surface area contributed by atoms with Crippen LogP contribution in [0.4, 0.5) is 0 Å². The summed E-state index contributed by atoms with van der Waals surface area (Å²) in [6, 6.07) is 5.97. The Kier molecular flexibility index (Phi) is 3.97. The van der Waals surface area contributed by atoms with E-state index in [0.717, 1.165) is 23.0 Å². The molecule has 0 unspecified atom stereocenters. The van der Waals surface area contributed by atoms with Crippen LogP contribution in [0.15, 0.2) is 23.0 Å². The van der Waals surface area contributed by atoms with Crippen LogP contribution in [0, 0.1) is 5.92 Å². The third-order valence-corrected chi connectivity index (χ3v) is 3.57. The van der Waals surface area contributed by atoms with Crippen molar-refractivity contribution in [3.63, 3.8) is 0 Å². The summed E-state index contributed by atoms with van der Waals surface area (Å²) in [4.78, 5) is 23.3. The second-order valence-electron chi connectivity index (χ2n) is 5.42.